The van der Waals surface area contributed by atoms with Gasteiger partial charge < -0.3 is 4.74 Å². The first-order valence-corrected chi connectivity index (χ1v) is 10.4. The lowest BCUT2D eigenvalue weighted by atomic mass is 10.2. The molecule has 0 unspecified atom stereocenters. The summed E-state index contributed by atoms with van der Waals surface area (Å²) in [4.78, 5) is 2.31. The molecule has 2 aromatic rings. The van der Waals surface area contributed by atoms with Gasteiger partial charge in [0.15, 0.2) is 0 Å². The van der Waals surface area contributed by atoms with Gasteiger partial charge >= 0.3 is 0 Å². The van der Waals surface area contributed by atoms with Crippen molar-refractivity contribution in [2.45, 2.75) is 18.4 Å². The Kier molecular flexibility index (Phi) is 6.11. The van der Waals surface area contributed by atoms with Gasteiger partial charge in [-0.25, -0.2) is 8.42 Å². The van der Waals surface area contributed by atoms with Crippen molar-refractivity contribution in [1.29, 1.82) is 5.26 Å². The first-order valence-electron chi connectivity index (χ1n) is 8.98. The minimum absolute atomic E-state index is 0.0858. The zero-order valence-electron chi connectivity index (χ0n) is 15.3. The molecule has 1 fully saturated rings. The molecule has 0 aliphatic carbocycles. The predicted molar refractivity (Wildman–Crippen MR) is 103 cm³/mol. The van der Waals surface area contributed by atoms with Gasteiger partial charge in [-0.1, -0.05) is 30.3 Å². The van der Waals surface area contributed by atoms with E-state index in [9.17, 15) is 13.7 Å². The second-order valence-corrected chi connectivity index (χ2v) is 8.24. The van der Waals surface area contributed by atoms with Crippen LogP contribution in [0.15, 0.2) is 53.4 Å². The predicted octanol–water partition coefficient (Wildman–Crippen LogP) is 2.46. The zero-order chi connectivity index (χ0) is 19.3. The molecule has 0 bridgehead atoms. The number of hydrogen-bond donors (Lipinski definition) is 0. The molecule has 3 rings (SSSR count). The topological polar surface area (TPSA) is 73.6 Å². The maximum absolute atomic E-state index is 12.9. The molecule has 1 saturated heterocycles. The summed E-state index contributed by atoms with van der Waals surface area (Å²) in [7, 11) is -3.66. The number of ether oxygens (including phenoxy) is 1. The van der Waals surface area contributed by atoms with Crippen LogP contribution in [-0.4, -0.2) is 50.4 Å². The minimum Gasteiger partial charge on any atom is -0.494 e. The molecule has 7 heteroatoms. The van der Waals surface area contributed by atoms with E-state index in [4.69, 9.17) is 4.74 Å². The molecule has 0 radical (unpaired) electrons. The van der Waals surface area contributed by atoms with Crippen LogP contribution >= 0.6 is 0 Å². The normalized spacial score (nSPS) is 16.0. The van der Waals surface area contributed by atoms with E-state index < -0.39 is 10.0 Å². The molecule has 1 heterocycles. The molecule has 2 aromatic carbocycles. The second-order valence-electron chi connectivity index (χ2n) is 6.33. The van der Waals surface area contributed by atoms with Gasteiger partial charge in [-0.15, -0.1) is 0 Å². The van der Waals surface area contributed by atoms with Crippen molar-refractivity contribution in [2.75, 3.05) is 32.8 Å². The van der Waals surface area contributed by atoms with E-state index in [0.29, 0.717) is 32.8 Å². The second kappa shape index (κ2) is 8.53. The third-order valence-corrected chi connectivity index (χ3v) is 6.58. The van der Waals surface area contributed by atoms with Crippen LogP contribution in [-0.2, 0) is 16.6 Å². The van der Waals surface area contributed by atoms with Crippen LogP contribution < -0.4 is 4.74 Å². The van der Waals surface area contributed by atoms with Gasteiger partial charge in [-0.3, -0.25) is 4.90 Å². The Morgan fingerprint density at radius 2 is 1.70 bits per heavy atom. The quantitative estimate of drug-likeness (QED) is 0.764. The van der Waals surface area contributed by atoms with Crippen molar-refractivity contribution in [3.63, 3.8) is 0 Å². The van der Waals surface area contributed by atoms with E-state index in [1.54, 1.807) is 12.1 Å². The Morgan fingerprint density at radius 3 is 2.41 bits per heavy atom. The van der Waals surface area contributed by atoms with Crippen molar-refractivity contribution in [3.8, 4) is 11.8 Å². The van der Waals surface area contributed by atoms with Crippen molar-refractivity contribution >= 4 is 10.0 Å². The number of benzene rings is 2. The number of hydrogen-bond acceptors (Lipinski definition) is 5. The van der Waals surface area contributed by atoms with E-state index in [1.807, 2.05) is 37.3 Å². The van der Waals surface area contributed by atoms with Crippen molar-refractivity contribution < 1.29 is 13.2 Å². The van der Waals surface area contributed by atoms with Gasteiger partial charge in [0.05, 0.1) is 17.1 Å². The summed E-state index contributed by atoms with van der Waals surface area (Å²) in [5.74, 6) is 0.873. The average Bonchev–Trinajstić information content (AvgIpc) is 2.70. The fourth-order valence-corrected chi connectivity index (χ4v) is 4.79. The van der Waals surface area contributed by atoms with Crippen LogP contribution in [0, 0.1) is 11.3 Å². The average molecular weight is 385 g/mol. The number of nitriles is 1. The standard InChI is InChI=1S/C20H23N3O3S/c1-2-26-19-9-5-3-8-18(19)16-22-11-13-23(14-12-22)27(24,25)20-10-6-4-7-17(20)15-21/h3-10H,2,11-14,16H2,1H3. The molecule has 1 aliphatic heterocycles. The van der Waals surface area contributed by atoms with E-state index in [0.717, 1.165) is 17.9 Å². The summed E-state index contributed by atoms with van der Waals surface area (Å²) in [6.07, 6.45) is 0. The van der Waals surface area contributed by atoms with E-state index in [-0.39, 0.29) is 10.5 Å². The highest BCUT2D eigenvalue weighted by molar-refractivity contribution is 7.89. The maximum Gasteiger partial charge on any atom is 0.244 e. The molecular weight excluding hydrogens is 362 g/mol. The summed E-state index contributed by atoms with van der Waals surface area (Å²) < 4.78 is 33.0. The summed E-state index contributed by atoms with van der Waals surface area (Å²) in [6, 6.07) is 16.3. The van der Waals surface area contributed by atoms with Crippen molar-refractivity contribution in [3.05, 3.63) is 59.7 Å². The van der Waals surface area contributed by atoms with Crippen LogP contribution in [0.5, 0.6) is 5.75 Å². The molecule has 0 saturated carbocycles. The smallest absolute Gasteiger partial charge is 0.244 e. The highest BCUT2D eigenvalue weighted by Crippen LogP contribution is 2.23. The van der Waals surface area contributed by atoms with Crippen LogP contribution in [0.1, 0.15) is 18.1 Å². The van der Waals surface area contributed by atoms with Gasteiger partial charge in [0.1, 0.15) is 11.8 Å². The number of rotatable bonds is 6. The highest BCUT2D eigenvalue weighted by Gasteiger charge is 2.30. The fraction of sp³-hybridized carbons (Fsp3) is 0.350. The first kappa shape index (κ1) is 19.4. The van der Waals surface area contributed by atoms with Gasteiger partial charge in [-0.2, -0.15) is 9.57 Å². The molecule has 0 spiro atoms. The molecule has 27 heavy (non-hydrogen) atoms. The van der Waals surface area contributed by atoms with Gasteiger partial charge in [0.25, 0.3) is 0 Å². The summed E-state index contributed by atoms with van der Waals surface area (Å²) in [5, 5.41) is 9.20. The largest absolute Gasteiger partial charge is 0.494 e. The number of sulfonamides is 1. The van der Waals surface area contributed by atoms with Crippen LogP contribution in [0.2, 0.25) is 0 Å². The SMILES string of the molecule is CCOc1ccccc1CN1CCN(S(=O)(=O)c2ccccc2C#N)CC1. The monoisotopic (exact) mass is 385 g/mol. The molecule has 0 atom stereocenters. The lowest BCUT2D eigenvalue weighted by Crippen LogP contribution is -2.48. The van der Waals surface area contributed by atoms with Crippen molar-refractivity contribution in [2.24, 2.45) is 0 Å². The van der Waals surface area contributed by atoms with E-state index in [1.165, 1.54) is 16.4 Å². The lowest BCUT2D eigenvalue weighted by Gasteiger charge is -2.34. The van der Waals surface area contributed by atoms with E-state index in [2.05, 4.69) is 4.90 Å². The third-order valence-electron chi connectivity index (χ3n) is 4.62. The Hall–Kier alpha value is -2.40. The Morgan fingerprint density at radius 1 is 1.04 bits per heavy atom. The third kappa shape index (κ3) is 4.30. The highest BCUT2D eigenvalue weighted by atomic mass is 32.2. The lowest BCUT2D eigenvalue weighted by molar-refractivity contribution is 0.179. The summed E-state index contributed by atoms with van der Waals surface area (Å²) in [6.45, 7) is 5.36. The Bertz CT molecular complexity index is 929. The zero-order valence-corrected chi connectivity index (χ0v) is 16.2. The fourth-order valence-electron chi connectivity index (χ4n) is 3.22. The molecule has 6 nitrogen and oxygen atoms in total. The molecular formula is C20H23N3O3S. The first-order chi connectivity index (χ1) is 13.1. The summed E-state index contributed by atoms with van der Waals surface area (Å²) in [5.41, 5.74) is 1.29. The van der Waals surface area contributed by atoms with Gasteiger partial charge in [0, 0.05) is 38.3 Å². The molecule has 142 valence electrons. The van der Waals surface area contributed by atoms with Crippen LogP contribution in [0.4, 0.5) is 0 Å². The van der Waals surface area contributed by atoms with Gasteiger partial charge in [0.2, 0.25) is 10.0 Å². The number of para-hydroxylation sites is 1. The maximum atomic E-state index is 12.9. The summed E-state index contributed by atoms with van der Waals surface area (Å²) >= 11 is 0. The molecule has 1 aliphatic rings. The Labute approximate surface area is 160 Å². The van der Waals surface area contributed by atoms with Crippen molar-refractivity contribution in [1.82, 2.24) is 9.21 Å². The number of piperazine rings is 1. The van der Waals surface area contributed by atoms with Crippen LogP contribution in [0.3, 0.4) is 0 Å². The van der Waals surface area contributed by atoms with E-state index >= 15 is 0 Å². The number of nitrogens with zero attached hydrogens (tertiary/aromatic N) is 3. The minimum atomic E-state index is -3.66. The van der Waals surface area contributed by atoms with Crippen LogP contribution in [0.25, 0.3) is 0 Å². The Balaban J connectivity index is 1.68. The molecule has 0 aromatic heterocycles. The van der Waals surface area contributed by atoms with Gasteiger partial charge in [-0.05, 0) is 25.1 Å². The molecule has 0 amide bonds. The molecule has 0 N–H and O–H groups in total.